The van der Waals surface area contributed by atoms with Crippen molar-refractivity contribution in [1.29, 1.82) is 0 Å². The van der Waals surface area contributed by atoms with E-state index in [9.17, 15) is 4.79 Å². The lowest BCUT2D eigenvalue weighted by molar-refractivity contribution is -0.144. The summed E-state index contributed by atoms with van der Waals surface area (Å²) in [5.74, 6) is -0.393. The first kappa shape index (κ1) is 18.6. The smallest absolute Gasteiger partial charge is 0.302 e. The van der Waals surface area contributed by atoms with E-state index in [0.717, 1.165) is 0 Å². The van der Waals surface area contributed by atoms with Gasteiger partial charge in [-0.05, 0) is 0 Å². The number of esters is 1. The van der Waals surface area contributed by atoms with Crippen molar-refractivity contribution in [1.82, 2.24) is 0 Å². The van der Waals surface area contributed by atoms with Gasteiger partial charge in [0, 0.05) is 21.1 Å². The molecule has 0 heterocycles. The molecule has 7 nitrogen and oxygen atoms in total. The SMILES string of the molecule is COCC(O)CO.COCC(O)COC(C)=O. The molecule has 0 aromatic rings. The van der Waals surface area contributed by atoms with Crippen molar-refractivity contribution in [3.8, 4) is 0 Å². The van der Waals surface area contributed by atoms with Crippen molar-refractivity contribution in [3.63, 3.8) is 0 Å². The Balaban J connectivity index is 0. The van der Waals surface area contributed by atoms with Crippen LogP contribution in [0, 0.1) is 0 Å². The Hall–Kier alpha value is -0.730. The molecule has 0 saturated heterocycles. The predicted molar refractivity (Wildman–Crippen MR) is 59.5 cm³/mol. The van der Waals surface area contributed by atoms with Crippen LogP contribution in [0.3, 0.4) is 0 Å². The van der Waals surface area contributed by atoms with E-state index in [1.165, 1.54) is 21.1 Å². The number of carbonyl (C=O) groups excluding carboxylic acids is 1. The molecule has 0 bridgehead atoms. The Morgan fingerprint density at radius 1 is 1.06 bits per heavy atom. The topological polar surface area (TPSA) is 105 Å². The second kappa shape index (κ2) is 13.3. The summed E-state index contributed by atoms with van der Waals surface area (Å²) in [5.41, 5.74) is 0. The van der Waals surface area contributed by atoms with Crippen molar-refractivity contribution in [2.24, 2.45) is 0 Å². The lowest BCUT2D eigenvalue weighted by Gasteiger charge is -2.07. The van der Waals surface area contributed by atoms with Crippen LogP contribution < -0.4 is 0 Å². The monoisotopic (exact) mass is 254 g/mol. The lowest BCUT2D eigenvalue weighted by Crippen LogP contribution is -2.22. The van der Waals surface area contributed by atoms with Crippen molar-refractivity contribution in [3.05, 3.63) is 0 Å². The first-order chi connectivity index (χ1) is 7.97. The highest BCUT2D eigenvalue weighted by Crippen LogP contribution is 1.86. The number of ether oxygens (including phenoxy) is 3. The van der Waals surface area contributed by atoms with Gasteiger partial charge < -0.3 is 29.5 Å². The molecule has 0 aliphatic rings. The Morgan fingerprint density at radius 2 is 1.53 bits per heavy atom. The fourth-order valence-corrected chi connectivity index (χ4v) is 0.699. The molecule has 0 spiro atoms. The largest absolute Gasteiger partial charge is 0.463 e. The first-order valence-electron chi connectivity index (χ1n) is 5.06. The van der Waals surface area contributed by atoms with Crippen LogP contribution in [0.5, 0.6) is 0 Å². The van der Waals surface area contributed by atoms with Crippen molar-refractivity contribution < 1.29 is 34.3 Å². The zero-order valence-corrected chi connectivity index (χ0v) is 10.5. The van der Waals surface area contributed by atoms with Gasteiger partial charge in [-0.1, -0.05) is 0 Å². The molecule has 0 radical (unpaired) electrons. The molecular formula is C10H22O7. The van der Waals surface area contributed by atoms with E-state index >= 15 is 0 Å². The summed E-state index contributed by atoms with van der Waals surface area (Å²) < 4.78 is 13.6. The molecule has 2 unspecified atom stereocenters. The van der Waals surface area contributed by atoms with Crippen LogP contribution in [-0.2, 0) is 19.0 Å². The van der Waals surface area contributed by atoms with Crippen LogP contribution in [0.1, 0.15) is 6.92 Å². The highest BCUT2D eigenvalue weighted by molar-refractivity contribution is 5.65. The van der Waals surface area contributed by atoms with Gasteiger partial charge in [0.1, 0.15) is 18.8 Å². The second-order valence-electron chi connectivity index (χ2n) is 3.20. The minimum atomic E-state index is -0.718. The molecule has 17 heavy (non-hydrogen) atoms. The fraction of sp³-hybridized carbons (Fsp3) is 0.900. The molecule has 2 atom stereocenters. The number of hydrogen-bond donors (Lipinski definition) is 3. The number of methoxy groups -OCH3 is 2. The van der Waals surface area contributed by atoms with E-state index in [0.29, 0.717) is 0 Å². The standard InChI is InChI=1S/C6H12O4.C4H10O3/c1-5(7)10-4-6(8)3-9-2;1-7-3-4(6)2-5/h6,8H,3-4H2,1-2H3;4-6H,2-3H2,1H3. The van der Waals surface area contributed by atoms with Crippen LogP contribution in [0.15, 0.2) is 0 Å². The third-order valence-electron chi connectivity index (χ3n) is 1.41. The summed E-state index contributed by atoms with van der Waals surface area (Å²) in [6.07, 6.45) is -1.43. The van der Waals surface area contributed by atoms with Crippen LogP contribution in [-0.4, -0.2) is 74.1 Å². The van der Waals surface area contributed by atoms with Gasteiger partial charge in [0.15, 0.2) is 0 Å². The zero-order valence-electron chi connectivity index (χ0n) is 10.5. The van der Waals surface area contributed by atoms with Crippen LogP contribution in [0.4, 0.5) is 0 Å². The van der Waals surface area contributed by atoms with Crippen LogP contribution in [0.25, 0.3) is 0 Å². The molecule has 104 valence electrons. The molecule has 0 saturated carbocycles. The molecule has 0 aliphatic heterocycles. The third-order valence-corrected chi connectivity index (χ3v) is 1.41. The molecule has 0 aromatic carbocycles. The third kappa shape index (κ3) is 17.9. The lowest BCUT2D eigenvalue weighted by atomic mass is 10.4. The van der Waals surface area contributed by atoms with Gasteiger partial charge in [-0.15, -0.1) is 0 Å². The number of aliphatic hydroxyl groups is 3. The average molecular weight is 254 g/mol. The quantitative estimate of drug-likeness (QED) is 0.477. The Morgan fingerprint density at radius 3 is 1.82 bits per heavy atom. The second-order valence-corrected chi connectivity index (χ2v) is 3.20. The minimum absolute atomic E-state index is 0.00315. The molecule has 0 aliphatic carbocycles. The van der Waals surface area contributed by atoms with Gasteiger partial charge >= 0.3 is 5.97 Å². The first-order valence-corrected chi connectivity index (χ1v) is 5.06. The van der Waals surface area contributed by atoms with E-state index < -0.39 is 18.2 Å². The fourth-order valence-electron chi connectivity index (χ4n) is 0.699. The molecule has 0 aromatic heterocycles. The summed E-state index contributed by atoms with van der Waals surface area (Å²) in [4.78, 5) is 10.2. The van der Waals surface area contributed by atoms with Gasteiger partial charge in [0.2, 0.25) is 0 Å². The number of carbonyl (C=O) groups is 1. The van der Waals surface area contributed by atoms with Crippen molar-refractivity contribution in [2.75, 3.05) is 40.6 Å². The molecule has 7 heteroatoms. The normalized spacial score (nSPS) is 13.3. The summed E-state index contributed by atoms with van der Waals surface area (Å²) in [6, 6.07) is 0. The molecule has 0 amide bonds. The highest BCUT2D eigenvalue weighted by atomic mass is 16.5. The van der Waals surface area contributed by atoms with Gasteiger partial charge in [0.25, 0.3) is 0 Å². The average Bonchev–Trinajstić information content (AvgIpc) is 2.28. The van der Waals surface area contributed by atoms with Gasteiger partial charge in [-0.2, -0.15) is 0 Å². The predicted octanol–water partition coefficient (Wildman–Crippen LogP) is -1.46. The summed E-state index contributed by atoms with van der Waals surface area (Å²) in [6.45, 7) is 1.46. The molecule has 3 N–H and O–H groups in total. The van der Waals surface area contributed by atoms with Gasteiger partial charge in [-0.25, -0.2) is 0 Å². The zero-order chi connectivity index (χ0) is 13.7. The number of rotatable bonds is 7. The van der Waals surface area contributed by atoms with Crippen LogP contribution >= 0.6 is 0 Å². The maximum absolute atomic E-state index is 10.2. The summed E-state index contributed by atoms with van der Waals surface area (Å²) >= 11 is 0. The number of aliphatic hydroxyl groups excluding tert-OH is 3. The molecule has 0 fully saturated rings. The maximum atomic E-state index is 10.2. The minimum Gasteiger partial charge on any atom is -0.463 e. The van der Waals surface area contributed by atoms with Crippen molar-refractivity contribution in [2.45, 2.75) is 19.1 Å². The Bertz CT molecular complexity index is 174. The Labute approximate surface area is 101 Å². The van der Waals surface area contributed by atoms with Gasteiger partial charge in [-0.3, -0.25) is 4.79 Å². The molecule has 0 rings (SSSR count). The summed E-state index contributed by atoms with van der Waals surface area (Å²) in [5, 5.41) is 25.5. The molecular weight excluding hydrogens is 232 g/mol. The number of hydrogen-bond acceptors (Lipinski definition) is 7. The summed E-state index contributed by atoms with van der Waals surface area (Å²) in [7, 11) is 2.94. The van der Waals surface area contributed by atoms with Gasteiger partial charge in [0.05, 0.1) is 19.8 Å². The van der Waals surface area contributed by atoms with E-state index in [-0.39, 0.29) is 26.4 Å². The van der Waals surface area contributed by atoms with E-state index in [1.807, 2.05) is 0 Å². The van der Waals surface area contributed by atoms with E-state index in [2.05, 4.69) is 14.2 Å². The van der Waals surface area contributed by atoms with Crippen LogP contribution in [0.2, 0.25) is 0 Å². The maximum Gasteiger partial charge on any atom is 0.302 e. The van der Waals surface area contributed by atoms with E-state index in [1.54, 1.807) is 0 Å². The van der Waals surface area contributed by atoms with Crippen molar-refractivity contribution >= 4 is 5.97 Å². The van der Waals surface area contributed by atoms with E-state index in [4.69, 9.17) is 15.3 Å². The highest BCUT2D eigenvalue weighted by Gasteiger charge is 2.03. The Kier molecular flexibility index (Phi) is 14.6.